The minimum atomic E-state index is 0.915. The van der Waals surface area contributed by atoms with E-state index < -0.39 is 0 Å². The Morgan fingerprint density at radius 3 is 2.67 bits per heavy atom. The lowest BCUT2D eigenvalue weighted by atomic mass is 10.1. The number of benzene rings is 1. The standard InChI is InChI=1S/C17H22N4/c1-12-5-6-17-16(7-12)15(8-18-17)11-20(3)10-14-9-19-21(4)13(14)2/h5-9,18H,10-11H2,1-4H3. The first-order valence-corrected chi connectivity index (χ1v) is 7.27. The Balaban J connectivity index is 1.78. The highest BCUT2D eigenvalue weighted by Crippen LogP contribution is 2.21. The third kappa shape index (κ3) is 2.72. The van der Waals surface area contributed by atoms with Gasteiger partial charge < -0.3 is 4.98 Å². The molecular weight excluding hydrogens is 260 g/mol. The molecule has 4 heteroatoms. The van der Waals surface area contributed by atoms with Gasteiger partial charge in [-0.05, 0) is 38.6 Å². The van der Waals surface area contributed by atoms with Gasteiger partial charge >= 0.3 is 0 Å². The lowest BCUT2D eigenvalue weighted by molar-refractivity contribution is 0.319. The molecule has 0 unspecified atom stereocenters. The molecule has 0 spiro atoms. The molecule has 0 saturated carbocycles. The average Bonchev–Trinajstić information content (AvgIpc) is 2.97. The van der Waals surface area contributed by atoms with Gasteiger partial charge in [-0.25, -0.2) is 0 Å². The fraction of sp³-hybridized carbons (Fsp3) is 0.353. The van der Waals surface area contributed by atoms with Gasteiger partial charge in [-0.15, -0.1) is 0 Å². The minimum absolute atomic E-state index is 0.915. The van der Waals surface area contributed by atoms with E-state index in [1.807, 2.05) is 17.9 Å². The van der Waals surface area contributed by atoms with Crippen molar-refractivity contribution in [1.82, 2.24) is 19.7 Å². The van der Waals surface area contributed by atoms with Gasteiger partial charge in [-0.1, -0.05) is 11.6 Å². The van der Waals surface area contributed by atoms with Crippen LogP contribution in [0, 0.1) is 13.8 Å². The molecule has 110 valence electrons. The van der Waals surface area contributed by atoms with Crippen LogP contribution in [0.15, 0.2) is 30.6 Å². The normalized spacial score (nSPS) is 11.7. The first-order chi connectivity index (χ1) is 10.0. The summed E-state index contributed by atoms with van der Waals surface area (Å²) in [5, 5.41) is 5.64. The Hall–Kier alpha value is -2.07. The fourth-order valence-electron chi connectivity index (χ4n) is 2.76. The molecule has 0 aliphatic carbocycles. The molecule has 3 rings (SSSR count). The maximum absolute atomic E-state index is 4.31. The van der Waals surface area contributed by atoms with Crippen molar-refractivity contribution >= 4 is 10.9 Å². The maximum Gasteiger partial charge on any atom is 0.0537 e. The Morgan fingerprint density at radius 2 is 1.95 bits per heavy atom. The summed E-state index contributed by atoms with van der Waals surface area (Å²) < 4.78 is 1.93. The van der Waals surface area contributed by atoms with Crippen molar-refractivity contribution in [2.75, 3.05) is 7.05 Å². The van der Waals surface area contributed by atoms with Crippen molar-refractivity contribution in [3.63, 3.8) is 0 Å². The monoisotopic (exact) mass is 282 g/mol. The Kier molecular flexibility index (Phi) is 3.55. The van der Waals surface area contributed by atoms with Gasteiger partial charge in [-0.3, -0.25) is 9.58 Å². The number of fused-ring (bicyclic) bond motifs is 1. The molecule has 0 radical (unpaired) electrons. The zero-order chi connectivity index (χ0) is 15.0. The largest absolute Gasteiger partial charge is 0.361 e. The lowest BCUT2D eigenvalue weighted by Gasteiger charge is -2.16. The maximum atomic E-state index is 4.31. The number of aryl methyl sites for hydroxylation is 2. The summed E-state index contributed by atoms with van der Waals surface area (Å²) >= 11 is 0. The molecule has 0 amide bonds. The van der Waals surface area contributed by atoms with Crippen molar-refractivity contribution in [3.8, 4) is 0 Å². The average molecular weight is 282 g/mol. The van der Waals surface area contributed by atoms with Crippen molar-refractivity contribution in [1.29, 1.82) is 0 Å². The molecule has 0 fully saturated rings. The molecule has 21 heavy (non-hydrogen) atoms. The van der Waals surface area contributed by atoms with E-state index in [1.165, 1.54) is 33.3 Å². The van der Waals surface area contributed by atoms with E-state index in [1.54, 1.807) is 0 Å². The van der Waals surface area contributed by atoms with Gasteiger partial charge in [0.1, 0.15) is 0 Å². The van der Waals surface area contributed by atoms with Gasteiger partial charge in [0.25, 0.3) is 0 Å². The van der Waals surface area contributed by atoms with E-state index in [0.717, 1.165) is 13.1 Å². The van der Waals surface area contributed by atoms with Crippen molar-refractivity contribution in [2.24, 2.45) is 7.05 Å². The minimum Gasteiger partial charge on any atom is -0.361 e. The first kappa shape index (κ1) is 13.9. The van der Waals surface area contributed by atoms with Crippen molar-refractivity contribution < 1.29 is 0 Å². The molecule has 0 atom stereocenters. The Labute approximate surface area is 125 Å². The van der Waals surface area contributed by atoms with Gasteiger partial charge in [0, 0.05) is 48.5 Å². The van der Waals surface area contributed by atoms with Crippen LogP contribution in [0.5, 0.6) is 0 Å². The first-order valence-electron chi connectivity index (χ1n) is 7.27. The molecule has 2 aromatic heterocycles. The SMILES string of the molecule is Cc1ccc2[nH]cc(CN(C)Cc3cnn(C)c3C)c2c1. The number of nitrogens with zero attached hydrogens (tertiary/aromatic N) is 3. The second-order valence-corrected chi connectivity index (χ2v) is 5.91. The van der Waals surface area contributed by atoms with Gasteiger partial charge in [0.05, 0.1) is 6.20 Å². The smallest absolute Gasteiger partial charge is 0.0537 e. The number of nitrogens with one attached hydrogen (secondary N) is 1. The highest BCUT2D eigenvalue weighted by Gasteiger charge is 2.10. The third-order valence-electron chi connectivity index (χ3n) is 4.14. The van der Waals surface area contributed by atoms with Crippen LogP contribution < -0.4 is 0 Å². The van der Waals surface area contributed by atoms with Crippen LogP contribution in [0.25, 0.3) is 10.9 Å². The summed E-state index contributed by atoms with van der Waals surface area (Å²) in [7, 11) is 4.14. The van der Waals surface area contributed by atoms with Gasteiger partial charge in [-0.2, -0.15) is 5.10 Å². The zero-order valence-corrected chi connectivity index (χ0v) is 13.1. The molecule has 1 aromatic carbocycles. The lowest BCUT2D eigenvalue weighted by Crippen LogP contribution is -2.17. The van der Waals surface area contributed by atoms with Gasteiger partial charge in [0.15, 0.2) is 0 Å². The number of hydrogen-bond acceptors (Lipinski definition) is 2. The van der Waals surface area contributed by atoms with Crippen LogP contribution >= 0.6 is 0 Å². The molecule has 0 aliphatic heterocycles. The van der Waals surface area contributed by atoms with E-state index in [2.05, 4.69) is 60.3 Å². The summed E-state index contributed by atoms with van der Waals surface area (Å²) in [6, 6.07) is 6.55. The fourth-order valence-corrected chi connectivity index (χ4v) is 2.76. The quantitative estimate of drug-likeness (QED) is 0.798. The molecule has 0 aliphatic rings. The summed E-state index contributed by atoms with van der Waals surface area (Å²) in [5.74, 6) is 0. The molecule has 1 N–H and O–H groups in total. The zero-order valence-electron chi connectivity index (χ0n) is 13.1. The molecular formula is C17H22N4. The number of rotatable bonds is 4. The van der Waals surface area contributed by atoms with Crippen LogP contribution in [-0.4, -0.2) is 26.7 Å². The highest BCUT2D eigenvalue weighted by molar-refractivity contribution is 5.83. The highest BCUT2D eigenvalue weighted by atomic mass is 15.3. The molecule has 2 heterocycles. The summed E-state index contributed by atoms with van der Waals surface area (Å²) in [5.41, 5.74) is 6.38. The predicted octanol–water partition coefficient (Wildman–Crippen LogP) is 3.15. The van der Waals surface area contributed by atoms with Crippen LogP contribution in [0.4, 0.5) is 0 Å². The Bertz CT molecular complexity index is 766. The van der Waals surface area contributed by atoms with E-state index in [-0.39, 0.29) is 0 Å². The number of H-pyrrole nitrogens is 1. The molecule has 4 nitrogen and oxygen atoms in total. The van der Waals surface area contributed by atoms with Crippen molar-refractivity contribution in [3.05, 3.63) is 53.0 Å². The van der Waals surface area contributed by atoms with E-state index >= 15 is 0 Å². The molecule has 0 bridgehead atoms. The van der Waals surface area contributed by atoms with Crippen LogP contribution in [0.1, 0.15) is 22.4 Å². The topological polar surface area (TPSA) is 36.9 Å². The van der Waals surface area contributed by atoms with E-state index in [4.69, 9.17) is 0 Å². The molecule has 3 aromatic rings. The Morgan fingerprint density at radius 1 is 1.19 bits per heavy atom. The predicted molar refractivity (Wildman–Crippen MR) is 86.2 cm³/mol. The van der Waals surface area contributed by atoms with E-state index in [0.29, 0.717) is 0 Å². The second kappa shape index (κ2) is 5.37. The van der Waals surface area contributed by atoms with Crippen LogP contribution in [0.2, 0.25) is 0 Å². The van der Waals surface area contributed by atoms with E-state index in [9.17, 15) is 0 Å². The van der Waals surface area contributed by atoms with Crippen LogP contribution in [-0.2, 0) is 20.1 Å². The third-order valence-corrected chi connectivity index (χ3v) is 4.14. The summed E-state index contributed by atoms with van der Waals surface area (Å²) in [4.78, 5) is 5.69. The van der Waals surface area contributed by atoms with Crippen LogP contribution in [0.3, 0.4) is 0 Å². The van der Waals surface area contributed by atoms with Crippen molar-refractivity contribution in [2.45, 2.75) is 26.9 Å². The molecule has 0 saturated heterocycles. The summed E-state index contributed by atoms with van der Waals surface area (Å²) in [6.45, 7) is 6.10. The summed E-state index contributed by atoms with van der Waals surface area (Å²) in [6.07, 6.45) is 4.09. The number of hydrogen-bond donors (Lipinski definition) is 1. The van der Waals surface area contributed by atoms with Gasteiger partial charge in [0.2, 0.25) is 0 Å². The number of aromatic amines is 1. The number of aromatic nitrogens is 3. The second-order valence-electron chi connectivity index (χ2n) is 5.91.